The van der Waals surface area contributed by atoms with Crippen LogP contribution in [0, 0.1) is 17.0 Å². The van der Waals surface area contributed by atoms with E-state index in [0.29, 0.717) is 23.4 Å². The van der Waals surface area contributed by atoms with Crippen molar-refractivity contribution in [3.8, 4) is 16.9 Å². The lowest BCUT2D eigenvalue weighted by Gasteiger charge is -2.22. The van der Waals surface area contributed by atoms with Crippen molar-refractivity contribution in [3.05, 3.63) is 116 Å². The molecule has 1 heterocycles. The predicted octanol–water partition coefficient (Wildman–Crippen LogP) is 5.17. The second-order valence-electron chi connectivity index (χ2n) is 8.97. The molecule has 4 aromatic rings. The van der Waals surface area contributed by atoms with E-state index in [1.165, 1.54) is 33.8 Å². The highest BCUT2D eigenvalue weighted by atomic mass is 16.6. The second kappa shape index (κ2) is 11.5. The Kier molecular flexibility index (Phi) is 7.96. The molecule has 0 atom stereocenters. The Morgan fingerprint density at radius 1 is 1.00 bits per heavy atom. The number of aromatic amines is 1. The van der Waals surface area contributed by atoms with Crippen LogP contribution in [0.3, 0.4) is 0 Å². The van der Waals surface area contributed by atoms with Crippen molar-refractivity contribution >= 4 is 17.4 Å². The summed E-state index contributed by atoms with van der Waals surface area (Å²) in [5, 5.41) is 14.3. The average Bonchev–Trinajstić information content (AvgIpc) is 3.28. The van der Waals surface area contributed by atoms with Crippen LogP contribution in [0.4, 0.5) is 5.69 Å². The van der Waals surface area contributed by atoms with Gasteiger partial charge in [0.05, 0.1) is 22.8 Å². The van der Waals surface area contributed by atoms with Crippen molar-refractivity contribution in [1.29, 1.82) is 0 Å². The first-order chi connectivity index (χ1) is 18.3. The van der Waals surface area contributed by atoms with E-state index in [9.17, 15) is 24.5 Å². The molecule has 1 amide bonds. The van der Waals surface area contributed by atoms with Crippen LogP contribution >= 0.6 is 0 Å². The zero-order valence-electron chi connectivity index (χ0n) is 21.2. The number of aryl methyl sites for hydroxylation is 1. The van der Waals surface area contributed by atoms with Crippen LogP contribution in [0.15, 0.2) is 83.7 Å². The molecular weight excluding hydrogens is 484 g/mol. The van der Waals surface area contributed by atoms with Crippen molar-refractivity contribution in [3.63, 3.8) is 0 Å². The largest absolute Gasteiger partial charge is 0.331 e. The monoisotopic (exact) mass is 512 g/mol. The third-order valence-electron chi connectivity index (χ3n) is 6.30. The summed E-state index contributed by atoms with van der Waals surface area (Å²) in [7, 11) is 0. The number of hydrogen-bond donors (Lipinski definition) is 1. The van der Waals surface area contributed by atoms with Crippen LogP contribution in [-0.2, 0) is 0 Å². The minimum Gasteiger partial charge on any atom is -0.331 e. The number of carbonyl (C=O) groups excluding carboxylic acids is 2. The van der Waals surface area contributed by atoms with Crippen LogP contribution < -0.4 is 5.56 Å². The average molecular weight is 513 g/mol. The molecule has 194 valence electrons. The van der Waals surface area contributed by atoms with Crippen LogP contribution in [0.1, 0.15) is 46.0 Å². The summed E-state index contributed by atoms with van der Waals surface area (Å²) in [6.45, 7) is 3.75. The smallest absolute Gasteiger partial charge is 0.282 e. The normalized spacial score (nSPS) is 10.8. The maximum atomic E-state index is 13.7. The molecule has 0 aliphatic heterocycles. The third kappa shape index (κ3) is 5.46. The number of rotatable bonds is 10. The fourth-order valence-electron chi connectivity index (χ4n) is 4.28. The fourth-order valence-corrected chi connectivity index (χ4v) is 4.28. The molecule has 0 fully saturated rings. The third-order valence-corrected chi connectivity index (χ3v) is 6.30. The van der Waals surface area contributed by atoms with Crippen molar-refractivity contribution in [1.82, 2.24) is 14.7 Å². The van der Waals surface area contributed by atoms with E-state index in [1.807, 2.05) is 50.2 Å². The number of ketones is 1. The van der Waals surface area contributed by atoms with Gasteiger partial charge in [-0.3, -0.25) is 29.6 Å². The van der Waals surface area contributed by atoms with Gasteiger partial charge in [-0.25, -0.2) is 4.68 Å². The fraction of sp³-hybridized carbons (Fsp3) is 0.207. The topological polar surface area (TPSA) is 118 Å². The molecule has 4 rings (SSSR count). The minimum atomic E-state index is -0.571. The van der Waals surface area contributed by atoms with Crippen LogP contribution in [0.2, 0.25) is 0 Å². The highest BCUT2D eigenvalue weighted by molar-refractivity contribution is 6.05. The van der Waals surface area contributed by atoms with E-state index in [4.69, 9.17) is 0 Å². The summed E-state index contributed by atoms with van der Waals surface area (Å²) in [4.78, 5) is 52.7. The Morgan fingerprint density at radius 2 is 1.71 bits per heavy atom. The standard InChI is InChI=1S/C29H28N4O5/c1-3-4-17-31(28(35)22-14-10-15-23(18-22)33(37)38)19-25(34)26-27(21-12-6-5-7-13-21)30-32(29(26)36)24-16-9-8-11-20(24)2/h5-16,18,30H,3-4,17,19H2,1-2H3. The highest BCUT2D eigenvalue weighted by Gasteiger charge is 2.27. The number of para-hydroxylation sites is 1. The summed E-state index contributed by atoms with van der Waals surface area (Å²) in [5.74, 6) is -1.03. The number of H-pyrrole nitrogens is 1. The Labute approximate surface area is 219 Å². The summed E-state index contributed by atoms with van der Waals surface area (Å²) >= 11 is 0. The summed E-state index contributed by atoms with van der Waals surface area (Å²) in [5.41, 5.74) is 1.82. The summed E-state index contributed by atoms with van der Waals surface area (Å²) < 4.78 is 1.35. The number of amides is 1. The zero-order valence-corrected chi connectivity index (χ0v) is 21.2. The van der Waals surface area contributed by atoms with E-state index in [1.54, 1.807) is 18.2 Å². The number of nitro benzene ring substituents is 1. The van der Waals surface area contributed by atoms with Gasteiger partial charge in [0, 0.05) is 29.8 Å². The molecule has 1 aromatic heterocycles. The Morgan fingerprint density at radius 3 is 2.39 bits per heavy atom. The van der Waals surface area contributed by atoms with Gasteiger partial charge in [-0.1, -0.05) is 67.9 Å². The van der Waals surface area contributed by atoms with Gasteiger partial charge in [-0.15, -0.1) is 0 Å². The van der Waals surface area contributed by atoms with Gasteiger partial charge in [-0.05, 0) is 31.0 Å². The molecule has 0 radical (unpaired) electrons. The number of non-ortho nitro benzene ring substituents is 1. The minimum absolute atomic E-state index is 0.0483. The zero-order chi connectivity index (χ0) is 27.2. The highest BCUT2D eigenvalue weighted by Crippen LogP contribution is 2.23. The lowest BCUT2D eigenvalue weighted by molar-refractivity contribution is -0.384. The molecule has 9 nitrogen and oxygen atoms in total. The van der Waals surface area contributed by atoms with E-state index in [2.05, 4.69) is 5.10 Å². The van der Waals surface area contributed by atoms with E-state index >= 15 is 0 Å². The van der Waals surface area contributed by atoms with Gasteiger partial charge in [0.2, 0.25) is 0 Å². The molecule has 38 heavy (non-hydrogen) atoms. The summed E-state index contributed by atoms with van der Waals surface area (Å²) in [6, 6.07) is 21.8. The van der Waals surface area contributed by atoms with Crippen molar-refractivity contribution in [2.24, 2.45) is 0 Å². The SMILES string of the molecule is CCCCN(CC(=O)c1c(-c2ccccc2)[nH]n(-c2ccccc2C)c1=O)C(=O)c1cccc([N+](=O)[O-])c1. The molecule has 0 aliphatic rings. The van der Waals surface area contributed by atoms with Crippen LogP contribution in [-0.4, -0.2) is 44.4 Å². The van der Waals surface area contributed by atoms with E-state index in [0.717, 1.165) is 12.0 Å². The van der Waals surface area contributed by atoms with Crippen molar-refractivity contribution in [2.75, 3.05) is 13.1 Å². The maximum absolute atomic E-state index is 13.7. The van der Waals surface area contributed by atoms with E-state index in [-0.39, 0.29) is 29.9 Å². The van der Waals surface area contributed by atoms with Crippen molar-refractivity contribution < 1.29 is 14.5 Å². The first-order valence-corrected chi connectivity index (χ1v) is 12.3. The number of nitrogens with one attached hydrogen (secondary N) is 1. The number of benzene rings is 3. The Hall–Kier alpha value is -4.79. The number of Topliss-reactive ketones (excluding diaryl/α,β-unsaturated/α-hetero) is 1. The Balaban J connectivity index is 1.76. The molecule has 3 aromatic carbocycles. The van der Waals surface area contributed by atoms with Crippen LogP contribution in [0.25, 0.3) is 16.9 Å². The molecule has 0 saturated heterocycles. The van der Waals surface area contributed by atoms with Gasteiger partial charge in [0.15, 0.2) is 5.78 Å². The van der Waals surface area contributed by atoms with Gasteiger partial charge >= 0.3 is 0 Å². The lowest BCUT2D eigenvalue weighted by atomic mass is 10.0. The first-order valence-electron chi connectivity index (χ1n) is 12.3. The van der Waals surface area contributed by atoms with Gasteiger partial charge < -0.3 is 4.90 Å². The molecular formula is C29H28N4O5. The van der Waals surface area contributed by atoms with E-state index < -0.39 is 22.2 Å². The number of unbranched alkanes of at least 4 members (excludes halogenated alkanes) is 1. The second-order valence-corrected chi connectivity index (χ2v) is 8.97. The number of carbonyl (C=O) groups is 2. The lowest BCUT2D eigenvalue weighted by Crippen LogP contribution is -2.38. The molecule has 0 unspecified atom stereocenters. The first kappa shape index (κ1) is 26.3. The summed E-state index contributed by atoms with van der Waals surface area (Å²) in [6.07, 6.45) is 1.40. The van der Waals surface area contributed by atoms with Gasteiger partial charge in [0.1, 0.15) is 5.56 Å². The number of nitrogens with zero attached hydrogens (tertiary/aromatic N) is 3. The number of aromatic nitrogens is 2. The number of hydrogen-bond acceptors (Lipinski definition) is 5. The molecule has 1 N–H and O–H groups in total. The quantitative estimate of drug-likeness (QED) is 0.179. The maximum Gasteiger partial charge on any atom is 0.282 e. The van der Waals surface area contributed by atoms with Gasteiger partial charge in [0.25, 0.3) is 17.2 Å². The predicted molar refractivity (Wildman–Crippen MR) is 145 cm³/mol. The van der Waals surface area contributed by atoms with Crippen LogP contribution in [0.5, 0.6) is 0 Å². The van der Waals surface area contributed by atoms with Gasteiger partial charge in [-0.2, -0.15) is 0 Å². The molecule has 9 heteroatoms. The molecule has 0 bridgehead atoms. The Bertz CT molecular complexity index is 1540. The molecule has 0 saturated carbocycles. The molecule has 0 aliphatic carbocycles. The molecule has 0 spiro atoms. The number of nitro groups is 1. The van der Waals surface area contributed by atoms with Crippen molar-refractivity contribution in [2.45, 2.75) is 26.7 Å².